The van der Waals surface area contributed by atoms with Crippen LogP contribution in [0.5, 0.6) is 5.75 Å². The topological polar surface area (TPSA) is 210 Å². The van der Waals surface area contributed by atoms with Crippen molar-refractivity contribution in [2.24, 2.45) is 5.73 Å². The van der Waals surface area contributed by atoms with E-state index in [1.165, 1.54) is 32.4 Å². The fourth-order valence-corrected chi connectivity index (χ4v) is 8.11. The van der Waals surface area contributed by atoms with E-state index in [0.717, 1.165) is 11.8 Å². The Labute approximate surface area is 338 Å². The lowest BCUT2D eigenvalue weighted by molar-refractivity contribution is -0.126. The number of nitrogens with one attached hydrogen (secondary N) is 2. The van der Waals surface area contributed by atoms with Crippen molar-refractivity contribution >= 4 is 80.2 Å². The highest BCUT2D eigenvalue weighted by Gasteiger charge is 2.37. The third kappa shape index (κ3) is 21.8. The molecule has 15 nitrogen and oxygen atoms in total. The molecule has 1 saturated heterocycles. The first-order chi connectivity index (χ1) is 26.0. The maximum Gasteiger partial charge on any atom is 0.509 e. The molecule has 300 valence electrons. The number of benzene rings is 1. The van der Waals surface area contributed by atoms with Crippen LogP contribution in [-0.4, -0.2) is 136 Å². The number of aliphatic hydroxyl groups excluding tert-OH is 1. The number of nitrogens with zero attached hydrogens (tertiary/aromatic N) is 1. The van der Waals surface area contributed by atoms with Gasteiger partial charge in [-0.3, -0.25) is 9.59 Å². The molecule has 5 atom stereocenters. The molecule has 5 N–H and O–H groups in total. The van der Waals surface area contributed by atoms with Crippen LogP contribution >= 0.6 is 54.9 Å². The van der Waals surface area contributed by atoms with Crippen LogP contribution in [0.1, 0.15) is 37.6 Å². The Morgan fingerprint density at radius 3 is 2.69 bits per heavy atom. The van der Waals surface area contributed by atoms with E-state index in [1.54, 1.807) is 40.5 Å². The van der Waals surface area contributed by atoms with Crippen molar-refractivity contribution in [3.8, 4) is 22.9 Å². The molecule has 2 unspecified atom stereocenters. The van der Waals surface area contributed by atoms with Crippen LogP contribution in [0.4, 0.5) is 4.79 Å². The summed E-state index contributed by atoms with van der Waals surface area (Å²) in [6.45, 7) is 7.32. The molecule has 21 heteroatoms. The summed E-state index contributed by atoms with van der Waals surface area (Å²) in [4.78, 5) is 36.3. The van der Waals surface area contributed by atoms with Crippen molar-refractivity contribution < 1.29 is 52.6 Å². The molecule has 0 aromatic heterocycles. The zero-order chi connectivity index (χ0) is 39.6. The van der Waals surface area contributed by atoms with E-state index in [1.807, 2.05) is 6.26 Å². The Balaban J connectivity index is 1.70. The van der Waals surface area contributed by atoms with E-state index in [0.29, 0.717) is 38.1 Å². The largest absolute Gasteiger partial charge is 0.509 e. The quantitative estimate of drug-likeness (QED) is 0.0212. The number of carbonyl (C=O) groups excluding carboxylic acids is 3. The summed E-state index contributed by atoms with van der Waals surface area (Å²) in [5, 5.41) is 25.6. The van der Waals surface area contributed by atoms with E-state index < -0.39 is 23.8 Å². The summed E-state index contributed by atoms with van der Waals surface area (Å²) in [5.41, 5.74) is 5.07. The van der Waals surface area contributed by atoms with Crippen molar-refractivity contribution in [2.75, 3.05) is 71.5 Å². The van der Waals surface area contributed by atoms with Crippen molar-refractivity contribution in [3.05, 3.63) is 29.8 Å². The number of carbonyl (C=O) groups is 3. The SMILES string of the molecule is CSS[C@H](COC(=O)OCSC#N)O[C@@H]1C[C@H](BC#CCNC(=O)COCCOC(COc2cccc(C(=O)NCCN)c2)SSC(C)(C)C)OC1CO. The number of hydrogen-bond donors (Lipinski definition) is 4. The Morgan fingerprint density at radius 1 is 1.15 bits per heavy atom. The Kier molecular flexibility index (Phi) is 25.1. The number of rotatable bonds is 25. The molecule has 1 aromatic rings. The summed E-state index contributed by atoms with van der Waals surface area (Å²) in [6, 6.07) is 6.60. The number of aliphatic hydroxyl groups is 1. The second-order valence-electron chi connectivity index (χ2n) is 12.0. The van der Waals surface area contributed by atoms with E-state index in [4.69, 9.17) is 44.2 Å². The fourth-order valence-electron chi connectivity index (χ4n) is 4.24. The van der Waals surface area contributed by atoms with Crippen molar-refractivity contribution in [2.45, 2.75) is 61.0 Å². The minimum absolute atomic E-state index is 0.0143. The Bertz CT molecular complexity index is 1380. The molecule has 1 heterocycles. The van der Waals surface area contributed by atoms with Gasteiger partial charge in [0.05, 0.1) is 32.5 Å². The second kappa shape index (κ2) is 28.3. The fraction of sp³-hybridized carbons (Fsp3) is 0.636. The second-order valence-corrected chi connectivity index (χ2v) is 18.5. The van der Waals surface area contributed by atoms with Gasteiger partial charge in [-0.25, -0.2) is 4.79 Å². The van der Waals surface area contributed by atoms with Crippen LogP contribution in [0, 0.1) is 22.4 Å². The van der Waals surface area contributed by atoms with Gasteiger partial charge >= 0.3 is 6.16 Å². The van der Waals surface area contributed by atoms with Gasteiger partial charge < -0.3 is 54.6 Å². The molecule has 1 fully saturated rings. The Morgan fingerprint density at radius 2 is 1.96 bits per heavy atom. The van der Waals surface area contributed by atoms with Crippen molar-refractivity contribution in [1.29, 1.82) is 5.26 Å². The van der Waals surface area contributed by atoms with Crippen LogP contribution < -0.4 is 21.1 Å². The number of nitrogens with two attached hydrogens (primary N) is 1. The standard InChI is InChI=1S/C33H49BN4O11S5/c1-33(2,3)54-53-29(19-45-24-8-5-7-23(15-24)31(41)38-12-10-35)44-14-13-43-18-28(40)37-11-6-9-34-27-16-25(26(17-39)48-27)49-30(52-50-4)20-46-32(42)47-22-51-21-36/h5,7-8,15,25-27,29-30,34,39H,10-14,16-20,22,35H2,1-4H3,(H,37,40)(H,38,41)/t25-,26?,27-,29?,30-/m1/s1. The normalized spacial score (nSPS) is 17.6. The molecule has 0 aliphatic carbocycles. The van der Waals surface area contributed by atoms with E-state index in [2.05, 4.69) is 43.1 Å². The summed E-state index contributed by atoms with van der Waals surface area (Å²) >= 11 is 0.773. The van der Waals surface area contributed by atoms with Crippen LogP contribution in [0.2, 0.25) is 0 Å². The number of amides is 2. The smallest absolute Gasteiger partial charge is 0.490 e. The number of nitriles is 1. The highest BCUT2D eigenvalue weighted by molar-refractivity contribution is 8.77. The summed E-state index contributed by atoms with van der Waals surface area (Å²) in [6.07, 6.45) is 0.407. The monoisotopic (exact) mass is 848 g/mol. The molecule has 0 radical (unpaired) electrons. The lowest BCUT2D eigenvalue weighted by atomic mass is 9.71. The number of ether oxygens (including phenoxy) is 7. The van der Waals surface area contributed by atoms with Crippen molar-refractivity contribution in [1.82, 2.24) is 10.6 Å². The molecule has 1 aliphatic heterocycles. The molecule has 0 bridgehead atoms. The molecule has 2 rings (SSSR count). The van der Waals surface area contributed by atoms with Crippen LogP contribution in [-0.2, 0) is 33.2 Å². The number of hydrogen-bond acceptors (Lipinski definition) is 18. The predicted molar refractivity (Wildman–Crippen MR) is 217 cm³/mol. The minimum atomic E-state index is -0.904. The van der Waals surface area contributed by atoms with Crippen LogP contribution in [0.15, 0.2) is 24.3 Å². The molecule has 1 aromatic carbocycles. The average molecular weight is 849 g/mol. The maximum atomic E-state index is 12.3. The summed E-state index contributed by atoms with van der Waals surface area (Å²) in [5.74, 6) is 5.75. The van der Waals surface area contributed by atoms with E-state index in [-0.39, 0.29) is 80.1 Å². The third-order valence-corrected chi connectivity index (χ3v) is 12.3. The van der Waals surface area contributed by atoms with Gasteiger partial charge in [-0.15, -0.1) is 0 Å². The molecule has 0 spiro atoms. The Hall–Kier alpha value is -2.15. The third-order valence-electron chi connectivity index (χ3n) is 6.54. The van der Waals surface area contributed by atoms with Gasteiger partial charge in [0.25, 0.3) is 5.91 Å². The van der Waals surface area contributed by atoms with E-state index >= 15 is 0 Å². The summed E-state index contributed by atoms with van der Waals surface area (Å²) < 4.78 is 39.3. The maximum absolute atomic E-state index is 12.3. The zero-order valence-corrected chi connectivity index (χ0v) is 34.9. The molecular formula is C33H49BN4O11S5. The van der Waals surface area contributed by atoms with Gasteiger partial charge in [0.1, 0.15) is 47.9 Å². The molecule has 2 amide bonds. The van der Waals surface area contributed by atoms with Crippen LogP contribution in [0.25, 0.3) is 0 Å². The molecule has 0 saturated carbocycles. The van der Waals surface area contributed by atoms with Gasteiger partial charge in [-0.05, 0) is 42.6 Å². The van der Waals surface area contributed by atoms with Crippen molar-refractivity contribution in [3.63, 3.8) is 0 Å². The lowest BCUT2D eigenvalue weighted by Crippen LogP contribution is -2.32. The minimum Gasteiger partial charge on any atom is -0.490 e. The first kappa shape index (κ1) is 48.0. The number of thioether (sulfide) groups is 1. The first-order valence-electron chi connectivity index (χ1n) is 16.9. The number of thiocyanates is 1. The van der Waals surface area contributed by atoms with E-state index in [9.17, 15) is 19.5 Å². The van der Waals surface area contributed by atoms with Gasteiger partial charge in [-0.2, -0.15) is 11.1 Å². The zero-order valence-electron chi connectivity index (χ0n) is 30.8. The molecule has 1 aliphatic rings. The highest BCUT2D eigenvalue weighted by atomic mass is 33.1. The van der Waals surface area contributed by atoms with Gasteiger partial charge in [-0.1, -0.05) is 75.9 Å². The van der Waals surface area contributed by atoms with Crippen LogP contribution in [0.3, 0.4) is 0 Å². The molecule has 54 heavy (non-hydrogen) atoms. The molecular weight excluding hydrogens is 800 g/mol. The summed E-state index contributed by atoms with van der Waals surface area (Å²) in [7, 11) is 6.34. The van der Waals surface area contributed by atoms with Gasteiger partial charge in [0.2, 0.25) is 13.2 Å². The van der Waals surface area contributed by atoms with Gasteiger partial charge in [0, 0.05) is 29.4 Å². The van der Waals surface area contributed by atoms with Gasteiger partial charge in [0.15, 0.2) is 5.94 Å². The highest BCUT2D eigenvalue weighted by Crippen LogP contribution is 2.38. The average Bonchev–Trinajstić information content (AvgIpc) is 3.54. The first-order valence-corrected chi connectivity index (χ1v) is 22.7. The predicted octanol–water partition coefficient (Wildman–Crippen LogP) is 2.96. The lowest BCUT2D eigenvalue weighted by Gasteiger charge is -2.23.